The molecule has 5 heterocycles. The molecule has 18 heteroatoms. The Kier molecular flexibility index (Phi) is 15.6. The summed E-state index contributed by atoms with van der Waals surface area (Å²) in [6.45, 7) is 3.75. The van der Waals surface area contributed by atoms with Crippen molar-refractivity contribution in [1.29, 1.82) is 0 Å². The molecule has 66 heavy (non-hydrogen) atoms. The molecule has 2 saturated heterocycles. The predicted octanol–water partition coefficient (Wildman–Crippen LogP) is 7.18. The molecule has 15 nitrogen and oxygen atoms in total. The summed E-state index contributed by atoms with van der Waals surface area (Å²) in [5.74, 6) is -1.07. The van der Waals surface area contributed by atoms with Crippen LogP contribution in [0.4, 0.5) is 21.0 Å². The van der Waals surface area contributed by atoms with Gasteiger partial charge in [0.1, 0.15) is 11.9 Å². The van der Waals surface area contributed by atoms with E-state index in [0.29, 0.717) is 61.3 Å². The van der Waals surface area contributed by atoms with Crippen molar-refractivity contribution in [2.24, 2.45) is 5.41 Å². The number of thiazole rings is 1. The standard InChI is InChI=1S/C48H56ClFN8O7S/c49-36-9-6-11-39(43(36)50)65-33-15-20-48(21-16-33,29-32-7-4-12-40(52-32)55-47-51-22-28-66-47)46(63)53-31-17-24-57(25-18-31)23-2-1-3-26-64-27-19-42(60)54-37-10-5-8-34-35(37)30-58(45(34)62)38-13-14-41(59)56-44(38)61/h4-12,22,28,31,33,38H,1-3,13-21,23-27,29-30H2,(H,53,63)(H,54,60)(H,51,52,55)(H,56,59,61). The average Bonchev–Trinajstić information content (AvgIpc) is 3.95. The minimum absolute atomic E-state index is 0.0153. The van der Waals surface area contributed by atoms with E-state index in [1.807, 2.05) is 23.6 Å². The molecule has 1 saturated carbocycles. The number of hydrogen-bond donors (Lipinski definition) is 4. The Morgan fingerprint density at radius 3 is 2.55 bits per heavy atom. The summed E-state index contributed by atoms with van der Waals surface area (Å²) in [7, 11) is 0. The maximum Gasteiger partial charge on any atom is 0.255 e. The van der Waals surface area contributed by atoms with Crippen molar-refractivity contribution in [3.8, 4) is 5.75 Å². The number of fused-ring (bicyclic) bond motifs is 1. The molecule has 3 fully saturated rings. The highest BCUT2D eigenvalue weighted by atomic mass is 35.5. The van der Waals surface area contributed by atoms with Gasteiger partial charge in [-0.05, 0) is 107 Å². The van der Waals surface area contributed by atoms with Crippen LogP contribution in [0.3, 0.4) is 0 Å². The molecule has 1 atom stereocenters. The van der Waals surface area contributed by atoms with E-state index in [1.54, 1.807) is 36.5 Å². The molecular formula is C48H56ClFN8O7S. The summed E-state index contributed by atoms with van der Waals surface area (Å²) < 4.78 is 26.6. The van der Waals surface area contributed by atoms with Crippen LogP contribution in [0.2, 0.25) is 5.02 Å². The number of unbranched alkanes of at least 4 members (excludes halogenated alkanes) is 2. The SMILES string of the molecule is O=C1CCC(N2Cc3c(NC(=O)CCOCCCCCN4CCC(NC(=O)C5(Cc6cccc(Nc7nccs7)n6)CCC(Oc6cccc(Cl)c6F)CC5)CC4)cccc3C2=O)C(=O)N1. The summed E-state index contributed by atoms with van der Waals surface area (Å²) >= 11 is 7.51. The number of carbonyl (C=O) groups is 5. The van der Waals surface area contributed by atoms with Crippen molar-refractivity contribution in [2.75, 3.05) is 43.5 Å². The molecule has 4 N–H and O–H groups in total. The molecule has 0 bridgehead atoms. The van der Waals surface area contributed by atoms with Crippen LogP contribution in [0.15, 0.2) is 66.2 Å². The van der Waals surface area contributed by atoms with E-state index >= 15 is 0 Å². The van der Waals surface area contributed by atoms with E-state index in [-0.39, 0.29) is 79.0 Å². The lowest BCUT2D eigenvalue weighted by atomic mass is 9.69. The van der Waals surface area contributed by atoms with Crippen LogP contribution >= 0.6 is 22.9 Å². The van der Waals surface area contributed by atoms with Gasteiger partial charge in [-0.1, -0.05) is 29.8 Å². The number of anilines is 3. The number of amides is 5. The van der Waals surface area contributed by atoms with E-state index in [1.165, 1.54) is 22.3 Å². The molecule has 4 aliphatic rings. The second kappa shape index (κ2) is 21.9. The zero-order chi connectivity index (χ0) is 46.0. The van der Waals surface area contributed by atoms with Gasteiger partial charge in [-0.25, -0.2) is 14.4 Å². The van der Waals surface area contributed by atoms with Crippen LogP contribution < -0.4 is 26.0 Å². The van der Waals surface area contributed by atoms with E-state index in [4.69, 9.17) is 26.1 Å². The molecule has 2 aromatic heterocycles. The van der Waals surface area contributed by atoms with Crippen LogP contribution in [0.5, 0.6) is 5.75 Å². The summed E-state index contributed by atoms with van der Waals surface area (Å²) in [6.07, 6.45) is 9.48. The smallest absolute Gasteiger partial charge is 0.255 e. The molecule has 0 spiro atoms. The van der Waals surface area contributed by atoms with E-state index < -0.39 is 23.2 Å². The van der Waals surface area contributed by atoms with Gasteiger partial charge in [0.2, 0.25) is 23.6 Å². The maximum absolute atomic E-state index is 14.7. The van der Waals surface area contributed by atoms with Gasteiger partial charge < -0.3 is 35.2 Å². The van der Waals surface area contributed by atoms with Gasteiger partial charge in [-0.2, -0.15) is 0 Å². The number of likely N-dealkylation sites (tertiary alicyclic amines) is 1. The van der Waals surface area contributed by atoms with Crippen molar-refractivity contribution in [1.82, 2.24) is 30.4 Å². The van der Waals surface area contributed by atoms with Gasteiger partial charge in [-0.15, -0.1) is 11.3 Å². The van der Waals surface area contributed by atoms with Crippen LogP contribution in [0.25, 0.3) is 0 Å². The third kappa shape index (κ3) is 11.7. The summed E-state index contributed by atoms with van der Waals surface area (Å²) in [5.41, 5.74) is 1.75. The summed E-state index contributed by atoms with van der Waals surface area (Å²) in [5, 5.41) is 14.6. The number of pyridine rings is 1. The molecule has 350 valence electrons. The first-order valence-electron chi connectivity index (χ1n) is 22.9. The van der Waals surface area contributed by atoms with Crippen molar-refractivity contribution < 1.29 is 37.8 Å². The molecule has 1 unspecified atom stereocenters. The van der Waals surface area contributed by atoms with Crippen molar-refractivity contribution in [3.63, 3.8) is 0 Å². The number of carbonyl (C=O) groups excluding carboxylic acids is 5. The van der Waals surface area contributed by atoms with Gasteiger partial charge in [0.15, 0.2) is 16.7 Å². The number of nitrogens with zero attached hydrogens (tertiary/aromatic N) is 4. The zero-order valence-corrected chi connectivity index (χ0v) is 38.4. The van der Waals surface area contributed by atoms with E-state index in [9.17, 15) is 28.4 Å². The number of hydrogen-bond acceptors (Lipinski definition) is 12. The normalized spacial score (nSPS) is 21.3. The third-order valence-corrected chi connectivity index (χ3v) is 14.1. The largest absolute Gasteiger partial charge is 0.487 e. The van der Waals surface area contributed by atoms with Crippen LogP contribution in [-0.2, 0) is 36.9 Å². The number of rotatable bonds is 19. The highest BCUT2D eigenvalue weighted by molar-refractivity contribution is 7.13. The number of nitrogens with one attached hydrogen (secondary N) is 4. The monoisotopic (exact) mass is 942 g/mol. The van der Waals surface area contributed by atoms with Gasteiger partial charge in [0.25, 0.3) is 5.91 Å². The van der Waals surface area contributed by atoms with Crippen molar-refractivity contribution >= 4 is 69.1 Å². The lowest BCUT2D eigenvalue weighted by Crippen LogP contribution is -2.52. The molecule has 2 aromatic carbocycles. The number of benzene rings is 2. The topological polar surface area (TPSA) is 184 Å². The summed E-state index contributed by atoms with van der Waals surface area (Å²) in [6, 6.07) is 15.0. The highest BCUT2D eigenvalue weighted by Crippen LogP contribution is 2.42. The number of halogens is 2. The number of aromatic nitrogens is 2. The van der Waals surface area contributed by atoms with Gasteiger partial charge in [-0.3, -0.25) is 29.3 Å². The third-order valence-electron chi connectivity index (χ3n) is 13.1. The van der Waals surface area contributed by atoms with Gasteiger partial charge >= 0.3 is 0 Å². The minimum Gasteiger partial charge on any atom is -0.487 e. The fraction of sp³-hybridized carbons (Fsp3) is 0.479. The molecule has 5 amide bonds. The van der Waals surface area contributed by atoms with E-state index in [0.717, 1.165) is 62.6 Å². The molecule has 4 aromatic rings. The predicted molar refractivity (Wildman–Crippen MR) is 248 cm³/mol. The lowest BCUT2D eigenvalue weighted by Gasteiger charge is -2.41. The van der Waals surface area contributed by atoms with Gasteiger partial charge in [0.05, 0.1) is 29.6 Å². The zero-order valence-electron chi connectivity index (χ0n) is 36.8. The van der Waals surface area contributed by atoms with Crippen molar-refractivity contribution in [3.05, 3.63) is 93.8 Å². The molecule has 8 rings (SSSR count). The number of piperidine rings is 2. The first kappa shape index (κ1) is 47.0. The van der Waals surface area contributed by atoms with Crippen molar-refractivity contribution in [2.45, 2.75) is 108 Å². The maximum atomic E-state index is 14.7. The quantitative estimate of drug-likeness (QED) is 0.0552. The highest BCUT2D eigenvalue weighted by Gasteiger charge is 2.44. The van der Waals surface area contributed by atoms with Crippen LogP contribution in [-0.4, -0.2) is 100 Å². The lowest BCUT2D eigenvalue weighted by molar-refractivity contribution is -0.137. The first-order valence-corrected chi connectivity index (χ1v) is 24.2. The molecular weight excluding hydrogens is 887 g/mol. The summed E-state index contributed by atoms with van der Waals surface area (Å²) in [4.78, 5) is 77.5. The second-order valence-electron chi connectivity index (χ2n) is 17.6. The minimum atomic E-state index is -0.723. The average molecular weight is 944 g/mol. The van der Waals surface area contributed by atoms with Crippen LogP contribution in [0, 0.1) is 11.2 Å². The second-order valence-corrected chi connectivity index (χ2v) is 18.9. The molecule has 3 aliphatic heterocycles. The number of imide groups is 1. The Bertz CT molecular complexity index is 2370. The number of ether oxygens (including phenoxy) is 2. The Hall–Kier alpha value is -5.49. The van der Waals surface area contributed by atoms with Crippen LogP contribution in [0.1, 0.15) is 98.7 Å². The molecule has 1 aliphatic carbocycles. The Balaban J connectivity index is 0.740. The molecule has 0 radical (unpaired) electrons. The van der Waals surface area contributed by atoms with Gasteiger partial charge in [0, 0.05) is 79.2 Å². The Labute approximate surface area is 392 Å². The van der Waals surface area contributed by atoms with E-state index in [2.05, 4.69) is 31.2 Å². The first-order chi connectivity index (χ1) is 32.0. The Morgan fingerprint density at radius 2 is 1.76 bits per heavy atom. The Morgan fingerprint density at radius 1 is 0.955 bits per heavy atom. The fourth-order valence-corrected chi connectivity index (χ4v) is 10.1. The fourth-order valence-electron chi connectivity index (χ4n) is 9.43.